The highest BCUT2D eigenvalue weighted by Crippen LogP contribution is 2.24. The number of carbonyl (C=O) groups excluding carboxylic acids is 1. The Labute approximate surface area is 124 Å². The fourth-order valence-electron chi connectivity index (χ4n) is 2.35. The van der Waals surface area contributed by atoms with Crippen LogP contribution in [0.2, 0.25) is 0 Å². The predicted octanol–water partition coefficient (Wildman–Crippen LogP) is 1.58. The van der Waals surface area contributed by atoms with Crippen molar-refractivity contribution < 1.29 is 14.7 Å². The van der Waals surface area contributed by atoms with E-state index in [1.54, 1.807) is 0 Å². The number of aromatic nitrogens is 2. The summed E-state index contributed by atoms with van der Waals surface area (Å²) in [5.74, 6) is -1.02. The number of hydrogen-bond donors (Lipinski definition) is 2. The van der Waals surface area contributed by atoms with Crippen LogP contribution in [-0.2, 0) is 17.8 Å². The Morgan fingerprint density at radius 1 is 1.33 bits per heavy atom. The second-order valence-electron chi connectivity index (χ2n) is 4.63. The molecule has 1 aliphatic rings. The molecule has 1 aromatic heterocycles. The number of anilines is 1. The maximum Gasteiger partial charge on any atom is 0.326 e. The molecule has 0 spiro atoms. The van der Waals surface area contributed by atoms with E-state index in [1.165, 1.54) is 21.7 Å². The largest absolute Gasteiger partial charge is 0.480 e. The number of carboxylic acids is 1. The lowest BCUT2D eigenvalue weighted by Crippen LogP contribution is -2.50. The molecule has 0 aliphatic carbocycles. The zero-order valence-corrected chi connectivity index (χ0v) is 11.7. The molecule has 7 nitrogen and oxygen atoms in total. The summed E-state index contributed by atoms with van der Waals surface area (Å²) < 4.78 is 0. The number of carbonyl (C=O) groups is 2. The molecular formula is C13H12N4O3S. The van der Waals surface area contributed by atoms with Gasteiger partial charge in [-0.25, -0.2) is 9.59 Å². The van der Waals surface area contributed by atoms with Gasteiger partial charge in [-0.1, -0.05) is 35.6 Å². The molecule has 108 valence electrons. The van der Waals surface area contributed by atoms with Crippen LogP contribution >= 0.6 is 11.3 Å². The van der Waals surface area contributed by atoms with Gasteiger partial charge in [0.1, 0.15) is 11.6 Å². The van der Waals surface area contributed by atoms with Gasteiger partial charge in [0, 0.05) is 13.0 Å². The molecule has 2 heterocycles. The van der Waals surface area contributed by atoms with Crippen molar-refractivity contribution in [2.24, 2.45) is 0 Å². The fourth-order valence-corrected chi connectivity index (χ4v) is 2.78. The van der Waals surface area contributed by atoms with E-state index in [2.05, 4.69) is 15.5 Å². The van der Waals surface area contributed by atoms with Crippen LogP contribution in [0.4, 0.5) is 9.93 Å². The first kappa shape index (κ1) is 13.5. The summed E-state index contributed by atoms with van der Waals surface area (Å²) in [6.07, 6.45) is 0.301. The topological polar surface area (TPSA) is 95.4 Å². The van der Waals surface area contributed by atoms with Gasteiger partial charge in [-0.05, 0) is 11.1 Å². The number of carboxylic acid groups (broad SMARTS) is 1. The summed E-state index contributed by atoms with van der Waals surface area (Å²) in [6.45, 7) is 0.262. The summed E-state index contributed by atoms with van der Waals surface area (Å²) in [5.41, 5.74) is 3.42. The van der Waals surface area contributed by atoms with Crippen LogP contribution in [-0.4, -0.2) is 38.2 Å². The molecular weight excluding hydrogens is 292 g/mol. The van der Waals surface area contributed by atoms with Gasteiger partial charge in [-0.2, -0.15) is 0 Å². The van der Waals surface area contributed by atoms with Gasteiger partial charge in [-0.3, -0.25) is 5.32 Å². The molecule has 0 unspecified atom stereocenters. The number of hydrogen-bond acceptors (Lipinski definition) is 5. The van der Waals surface area contributed by atoms with Crippen molar-refractivity contribution in [3.05, 3.63) is 40.9 Å². The first-order valence-corrected chi connectivity index (χ1v) is 7.16. The van der Waals surface area contributed by atoms with Crippen LogP contribution in [0, 0.1) is 0 Å². The minimum absolute atomic E-state index is 0.262. The maximum atomic E-state index is 12.3. The zero-order valence-electron chi connectivity index (χ0n) is 10.9. The number of fused-ring (bicyclic) bond motifs is 1. The molecule has 1 aliphatic heterocycles. The molecule has 0 fully saturated rings. The molecule has 0 radical (unpaired) electrons. The molecule has 3 rings (SSSR count). The first-order valence-electron chi connectivity index (χ1n) is 6.28. The molecule has 2 amide bonds. The molecule has 2 aromatic rings. The normalized spacial score (nSPS) is 17.1. The smallest absolute Gasteiger partial charge is 0.326 e. The molecule has 1 atom stereocenters. The van der Waals surface area contributed by atoms with Crippen molar-refractivity contribution >= 4 is 28.5 Å². The van der Waals surface area contributed by atoms with E-state index >= 15 is 0 Å². The zero-order chi connectivity index (χ0) is 14.8. The van der Waals surface area contributed by atoms with Crippen LogP contribution in [0.5, 0.6) is 0 Å². The molecule has 0 saturated carbocycles. The standard InChI is InChI=1S/C13H12N4O3S/c18-11(19)10-5-8-3-1-2-4-9(8)6-17(10)13(20)15-12-16-14-7-21-12/h1-4,7,10H,5-6H2,(H,18,19)(H,15,16,20)/t10-/m1/s1. The van der Waals surface area contributed by atoms with Gasteiger partial charge in [0.05, 0.1) is 0 Å². The number of benzene rings is 1. The number of urea groups is 1. The Balaban J connectivity index is 1.85. The fraction of sp³-hybridized carbons (Fsp3) is 0.231. The number of nitrogens with zero attached hydrogens (tertiary/aromatic N) is 3. The van der Waals surface area contributed by atoms with Crippen LogP contribution in [0.25, 0.3) is 0 Å². The third-order valence-electron chi connectivity index (χ3n) is 3.37. The van der Waals surface area contributed by atoms with Crippen LogP contribution in [0.3, 0.4) is 0 Å². The monoisotopic (exact) mass is 304 g/mol. The summed E-state index contributed by atoms with van der Waals surface area (Å²) >= 11 is 1.18. The second-order valence-corrected chi connectivity index (χ2v) is 5.46. The van der Waals surface area contributed by atoms with Gasteiger partial charge in [0.15, 0.2) is 0 Å². The highest BCUT2D eigenvalue weighted by atomic mass is 32.1. The van der Waals surface area contributed by atoms with E-state index in [0.717, 1.165) is 11.1 Å². The number of amides is 2. The third kappa shape index (κ3) is 2.70. The average molecular weight is 304 g/mol. The van der Waals surface area contributed by atoms with Crippen molar-refractivity contribution in [2.45, 2.75) is 19.0 Å². The first-order chi connectivity index (χ1) is 10.1. The molecule has 21 heavy (non-hydrogen) atoms. The second kappa shape index (κ2) is 5.49. The summed E-state index contributed by atoms with van der Waals surface area (Å²) in [6, 6.07) is 6.18. The van der Waals surface area contributed by atoms with Crippen LogP contribution in [0.1, 0.15) is 11.1 Å². The Kier molecular flexibility index (Phi) is 3.53. The molecule has 0 bridgehead atoms. The van der Waals surface area contributed by atoms with Crippen LogP contribution in [0.15, 0.2) is 29.8 Å². The SMILES string of the molecule is O=C(O)[C@H]1Cc2ccccc2CN1C(=O)Nc1nncs1. The number of nitrogens with one attached hydrogen (secondary N) is 1. The van der Waals surface area contributed by atoms with Crippen molar-refractivity contribution in [2.75, 3.05) is 5.32 Å². The minimum atomic E-state index is -1.02. The minimum Gasteiger partial charge on any atom is -0.480 e. The predicted molar refractivity (Wildman–Crippen MR) is 76.0 cm³/mol. The van der Waals surface area contributed by atoms with Gasteiger partial charge in [0.2, 0.25) is 5.13 Å². The van der Waals surface area contributed by atoms with Crippen molar-refractivity contribution in [3.63, 3.8) is 0 Å². The van der Waals surface area contributed by atoms with Crippen molar-refractivity contribution in [1.82, 2.24) is 15.1 Å². The third-order valence-corrected chi connectivity index (χ3v) is 3.98. The lowest BCUT2D eigenvalue weighted by Gasteiger charge is -2.34. The van der Waals surface area contributed by atoms with Gasteiger partial charge in [0.25, 0.3) is 0 Å². The highest BCUT2D eigenvalue weighted by Gasteiger charge is 2.34. The number of rotatable bonds is 2. The van der Waals surface area contributed by atoms with Crippen LogP contribution < -0.4 is 5.32 Å². The maximum absolute atomic E-state index is 12.3. The molecule has 8 heteroatoms. The lowest BCUT2D eigenvalue weighted by molar-refractivity contribution is -0.142. The van der Waals surface area contributed by atoms with Crippen molar-refractivity contribution in [3.8, 4) is 0 Å². The van der Waals surface area contributed by atoms with E-state index in [0.29, 0.717) is 11.6 Å². The Hall–Kier alpha value is -2.48. The highest BCUT2D eigenvalue weighted by molar-refractivity contribution is 7.13. The van der Waals surface area contributed by atoms with E-state index in [1.807, 2.05) is 24.3 Å². The Bertz CT molecular complexity index is 674. The molecule has 0 saturated heterocycles. The summed E-state index contributed by atoms with van der Waals surface area (Å²) in [7, 11) is 0. The average Bonchev–Trinajstić information content (AvgIpc) is 2.98. The molecule has 1 aromatic carbocycles. The van der Waals surface area contributed by atoms with Gasteiger partial charge >= 0.3 is 12.0 Å². The molecule has 2 N–H and O–H groups in total. The van der Waals surface area contributed by atoms with Gasteiger partial charge < -0.3 is 10.0 Å². The summed E-state index contributed by atoms with van der Waals surface area (Å²) in [5, 5.41) is 19.6. The van der Waals surface area contributed by atoms with Crippen molar-refractivity contribution in [1.29, 1.82) is 0 Å². The quantitative estimate of drug-likeness (QED) is 0.878. The van der Waals surface area contributed by atoms with Gasteiger partial charge in [-0.15, -0.1) is 10.2 Å². The van der Waals surface area contributed by atoms with E-state index in [4.69, 9.17) is 0 Å². The Morgan fingerprint density at radius 2 is 2.10 bits per heavy atom. The Morgan fingerprint density at radius 3 is 2.76 bits per heavy atom. The summed E-state index contributed by atoms with van der Waals surface area (Å²) in [4.78, 5) is 25.0. The van der Waals surface area contributed by atoms with E-state index < -0.39 is 18.0 Å². The van der Waals surface area contributed by atoms with E-state index in [9.17, 15) is 14.7 Å². The van der Waals surface area contributed by atoms with E-state index in [-0.39, 0.29) is 6.54 Å². The lowest BCUT2D eigenvalue weighted by atomic mass is 9.94. The number of aliphatic carboxylic acids is 1.